The SMILES string of the molecule is O=S(=O)(c1cccc(-c2c(-c3ccc(C(F)(F)F)cc3)ccnc2-c2ccccn2)c1)N1CCC(Oc2ccncc2)CC1. The lowest BCUT2D eigenvalue weighted by molar-refractivity contribution is -0.137. The first kappa shape index (κ1) is 29.5. The molecule has 44 heavy (non-hydrogen) atoms. The average molecular weight is 617 g/mol. The van der Waals surface area contributed by atoms with Crippen LogP contribution in [-0.2, 0) is 16.2 Å². The molecule has 5 aromatic rings. The van der Waals surface area contributed by atoms with Crippen molar-refractivity contribution in [2.75, 3.05) is 13.1 Å². The molecule has 0 atom stereocenters. The van der Waals surface area contributed by atoms with Crippen molar-refractivity contribution < 1.29 is 26.3 Å². The molecule has 7 nitrogen and oxygen atoms in total. The Morgan fingerprint density at radius 3 is 2.20 bits per heavy atom. The molecule has 2 aromatic carbocycles. The average Bonchev–Trinajstić information content (AvgIpc) is 3.05. The van der Waals surface area contributed by atoms with Crippen LogP contribution in [0.1, 0.15) is 18.4 Å². The van der Waals surface area contributed by atoms with Crippen LogP contribution in [0.5, 0.6) is 5.75 Å². The van der Waals surface area contributed by atoms with Gasteiger partial charge in [0.1, 0.15) is 11.9 Å². The van der Waals surface area contributed by atoms with Crippen molar-refractivity contribution in [1.82, 2.24) is 19.3 Å². The first-order valence-electron chi connectivity index (χ1n) is 14.0. The second-order valence-corrected chi connectivity index (χ2v) is 12.2. The van der Waals surface area contributed by atoms with E-state index in [1.165, 1.54) is 16.4 Å². The zero-order valence-electron chi connectivity index (χ0n) is 23.4. The molecule has 1 saturated heterocycles. The maximum absolute atomic E-state index is 13.8. The molecule has 11 heteroatoms. The minimum Gasteiger partial charge on any atom is -0.490 e. The Labute approximate surface area is 253 Å². The number of benzene rings is 2. The summed E-state index contributed by atoms with van der Waals surface area (Å²) >= 11 is 0. The molecular formula is C33H27F3N4O3S. The number of ether oxygens (including phenoxy) is 1. The Balaban J connectivity index is 1.35. The monoisotopic (exact) mass is 616 g/mol. The third-order valence-corrected chi connectivity index (χ3v) is 9.39. The van der Waals surface area contributed by atoms with E-state index >= 15 is 0 Å². The fourth-order valence-electron chi connectivity index (χ4n) is 5.29. The first-order valence-corrected chi connectivity index (χ1v) is 15.4. The molecule has 224 valence electrons. The third kappa shape index (κ3) is 6.20. The predicted octanol–water partition coefficient (Wildman–Crippen LogP) is 7.12. The number of aromatic nitrogens is 3. The van der Waals surface area contributed by atoms with Crippen LogP contribution in [0, 0.1) is 0 Å². The lowest BCUT2D eigenvalue weighted by Crippen LogP contribution is -2.41. The fourth-order valence-corrected chi connectivity index (χ4v) is 6.81. The molecule has 1 aliphatic rings. The first-order chi connectivity index (χ1) is 21.2. The van der Waals surface area contributed by atoms with Crippen molar-refractivity contribution in [1.29, 1.82) is 0 Å². The molecule has 0 bridgehead atoms. The second kappa shape index (κ2) is 12.2. The summed E-state index contributed by atoms with van der Waals surface area (Å²) in [5.41, 5.74) is 2.49. The van der Waals surface area contributed by atoms with Crippen LogP contribution < -0.4 is 4.74 Å². The molecule has 0 N–H and O–H groups in total. The van der Waals surface area contributed by atoms with Crippen LogP contribution in [0.3, 0.4) is 0 Å². The van der Waals surface area contributed by atoms with Gasteiger partial charge >= 0.3 is 6.18 Å². The van der Waals surface area contributed by atoms with E-state index in [-0.39, 0.29) is 11.0 Å². The van der Waals surface area contributed by atoms with E-state index in [1.54, 1.807) is 79.4 Å². The van der Waals surface area contributed by atoms with Crippen LogP contribution in [0.2, 0.25) is 0 Å². The maximum Gasteiger partial charge on any atom is 0.416 e. The van der Waals surface area contributed by atoms with Gasteiger partial charge in [0, 0.05) is 43.4 Å². The standard InChI is InChI=1S/C33H27F3N4O3S/c34-33(35,36)25-9-7-23(8-10-25)29-13-19-39-32(30-6-1-2-16-38-30)31(29)24-4-3-5-28(22-24)44(41,42)40-20-14-27(15-21-40)43-26-11-17-37-18-12-26/h1-13,16-19,22,27H,14-15,20-21H2. The number of hydrogen-bond acceptors (Lipinski definition) is 6. The summed E-state index contributed by atoms with van der Waals surface area (Å²) in [6.07, 6.45) is 2.96. The van der Waals surface area contributed by atoms with E-state index in [1.807, 2.05) is 6.07 Å². The van der Waals surface area contributed by atoms with E-state index in [0.29, 0.717) is 65.3 Å². The Bertz CT molecular complexity index is 1850. The number of alkyl halides is 3. The van der Waals surface area contributed by atoms with Crippen LogP contribution >= 0.6 is 0 Å². The van der Waals surface area contributed by atoms with E-state index in [9.17, 15) is 21.6 Å². The fraction of sp³-hybridized carbons (Fsp3) is 0.182. The van der Waals surface area contributed by atoms with Crippen molar-refractivity contribution in [2.24, 2.45) is 0 Å². The lowest BCUT2D eigenvalue weighted by Gasteiger charge is -2.31. The van der Waals surface area contributed by atoms with Gasteiger partial charge in [0.15, 0.2) is 0 Å². The van der Waals surface area contributed by atoms with Gasteiger partial charge in [0.05, 0.1) is 21.8 Å². The molecule has 0 amide bonds. The summed E-state index contributed by atoms with van der Waals surface area (Å²) < 4.78 is 75.0. The summed E-state index contributed by atoms with van der Waals surface area (Å²) in [6.45, 7) is 0.594. The van der Waals surface area contributed by atoms with Crippen molar-refractivity contribution in [3.63, 3.8) is 0 Å². The van der Waals surface area contributed by atoms with Gasteiger partial charge < -0.3 is 4.74 Å². The molecule has 0 aliphatic carbocycles. The molecule has 0 radical (unpaired) electrons. The highest BCUT2D eigenvalue weighted by atomic mass is 32.2. The Morgan fingerprint density at radius 1 is 0.773 bits per heavy atom. The number of nitrogens with zero attached hydrogens (tertiary/aromatic N) is 4. The largest absolute Gasteiger partial charge is 0.490 e. The molecule has 6 rings (SSSR count). The van der Waals surface area contributed by atoms with Gasteiger partial charge in [0.2, 0.25) is 10.0 Å². The summed E-state index contributed by atoms with van der Waals surface area (Å²) in [7, 11) is -3.86. The molecule has 0 spiro atoms. The van der Waals surface area contributed by atoms with Crippen LogP contribution in [0.25, 0.3) is 33.6 Å². The highest BCUT2D eigenvalue weighted by Crippen LogP contribution is 2.40. The van der Waals surface area contributed by atoms with Crippen molar-refractivity contribution in [3.8, 4) is 39.4 Å². The van der Waals surface area contributed by atoms with Crippen molar-refractivity contribution >= 4 is 10.0 Å². The van der Waals surface area contributed by atoms with E-state index < -0.39 is 21.8 Å². The van der Waals surface area contributed by atoms with Gasteiger partial charge in [-0.3, -0.25) is 15.0 Å². The van der Waals surface area contributed by atoms with Crippen molar-refractivity contribution in [2.45, 2.75) is 30.0 Å². The van der Waals surface area contributed by atoms with Gasteiger partial charge in [-0.15, -0.1) is 0 Å². The minimum absolute atomic E-state index is 0.109. The summed E-state index contributed by atoms with van der Waals surface area (Å²) in [5.74, 6) is 0.693. The Hall–Kier alpha value is -4.61. The number of halogens is 3. The normalized spacial score (nSPS) is 14.8. The summed E-state index contributed by atoms with van der Waals surface area (Å²) in [4.78, 5) is 13.1. The second-order valence-electron chi connectivity index (χ2n) is 10.3. The molecule has 0 unspecified atom stereocenters. The number of piperidine rings is 1. The van der Waals surface area contributed by atoms with Crippen LogP contribution in [0.4, 0.5) is 13.2 Å². The molecule has 4 heterocycles. The lowest BCUT2D eigenvalue weighted by atomic mass is 9.92. The smallest absolute Gasteiger partial charge is 0.416 e. The molecule has 1 aliphatic heterocycles. The third-order valence-electron chi connectivity index (χ3n) is 7.50. The van der Waals surface area contributed by atoms with E-state index in [4.69, 9.17) is 4.74 Å². The van der Waals surface area contributed by atoms with Gasteiger partial charge in [-0.25, -0.2) is 8.42 Å². The molecule has 0 saturated carbocycles. The summed E-state index contributed by atoms with van der Waals surface area (Å²) in [6, 6.07) is 22.0. The Morgan fingerprint density at radius 2 is 1.52 bits per heavy atom. The topological polar surface area (TPSA) is 85.3 Å². The zero-order chi connectivity index (χ0) is 30.7. The quantitative estimate of drug-likeness (QED) is 0.194. The van der Waals surface area contributed by atoms with Crippen LogP contribution in [0.15, 0.2) is 115 Å². The van der Waals surface area contributed by atoms with E-state index in [0.717, 1.165) is 12.1 Å². The van der Waals surface area contributed by atoms with Gasteiger partial charge in [-0.1, -0.05) is 30.3 Å². The molecular weight excluding hydrogens is 589 g/mol. The van der Waals surface area contributed by atoms with Crippen LogP contribution in [-0.4, -0.2) is 46.9 Å². The Kier molecular flexibility index (Phi) is 8.15. The van der Waals surface area contributed by atoms with Gasteiger partial charge in [-0.2, -0.15) is 17.5 Å². The maximum atomic E-state index is 13.8. The van der Waals surface area contributed by atoms with Gasteiger partial charge in [-0.05, 0) is 84.1 Å². The number of pyridine rings is 3. The molecule has 3 aromatic heterocycles. The van der Waals surface area contributed by atoms with Gasteiger partial charge in [0.25, 0.3) is 0 Å². The number of rotatable bonds is 7. The number of hydrogen-bond donors (Lipinski definition) is 0. The van der Waals surface area contributed by atoms with E-state index in [2.05, 4.69) is 15.0 Å². The van der Waals surface area contributed by atoms with Crippen molar-refractivity contribution in [3.05, 3.63) is 115 Å². The highest BCUT2D eigenvalue weighted by molar-refractivity contribution is 7.89. The highest BCUT2D eigenvalue weighted by Gasteiger charge is 2.32. The molecule has 1 fully saturated rings. The summed E-state index contributed by atoms with van der Waals surface area (Å²) in [5, 5.41) is 0. The minimum atomic E-state index is -4.47. The zero-order valence-corrected chi connectivity index (χ0v) is 24.2. The predicted molar refractivity (Wildman–Crippen MR) is 160 cm³/mol. The number of sulfonamides is 1.